The van der Waals surface area contributed by atoms with Crippen molar-refractivity contribution in [2.24, 2.45) is 0 Å². The van der Waals surface area contributed by atoms with Gasteiger partial charge in [-0.25, -0.2) is 4.68 Å². The summed E-state index contributed by atoms with van der Waals surface area (Å²) in [6, 6.07) is 21.5. The van der Waals surface area contributed by atoms with Crippen LogP contribution in [0.5, 0.6) is 5.75 Å². The zero-order valence-corrected chi connectivity index (χ0v) is 17.5. The molecule has 4 nitrogen and oxygen atoms in total. The van der Waals surface area contributed by atoms with Crippen LogP contribution in [0.1, 0.15) is 0 Å². The second kappa shape index (κ2) is 7.74. The van der Waals surface area contributed by atoms with Crippen molar-refractivity contribution in [2.45, 2.75) is 6.54 Å². The molecule has 1 aromatic heterocycles. The van der Waals surface area contributed by atoms with Gasteiger partial charge in [0, 0.05) is 10.5 Å². The lowest BCUT2D eigenvalue weighted by molar-refractivity contribution is 0.288. The van der Waals surface area contributed by atoms with Gasteiger partial charge in [0.05, 0.1) is 16.7 Å². The fourth-order valence-corrected chi connectivity index (χ4v) is 3.95. The highest BCUT2D eigenvalue weighted by atomic mass is 79.9. The Morgan fingerprint density at radius 1 is 0.963 bits per heavy atom. The molecule has 0 aliphatic heterocycles. The number of aromatic nitrogens is 2. The Labute approximate surface area is 173 Å². The van der Waals surface area contributed by atoms with Gasteiger partial charge in [-0.3, -0.25) is 9.89 Å². The third-order valence-electron chi connectivity index (χ3n) is 4.33. The maximum absolute atomic E-state index is 12.2. The summed E-state index contributed by atoms with van der Waals surface area (Å²) in [4.78, 5) is 12.2. The maximum Gasteiger partial charge on any atom is 0.267 e. The molecule has 1 heterocycles. The van der Waals surface area contributed by atoms with Crippen LogP contribution in [0, 0.1) is 0 Å². The average molecular weight is 488 g/mol. The SMILES string of the molecule is O=c1cc(-c2ccccc2)[nH]n1CCOc1ccc2cc(Br)ccc2c1Br. The van der Waals surface area contributed by atoms with Crippen molar-refractivity contribution >= 4 is 42.6 Å². The van der Waals surface area contributed by atoms with E-state index in [1.165, 1.54) is 0 Å². The minimum atomic E-state index is -0.0696. The van der Waals surface area contributed by atoms with Gasteiger partial charge in [0.1, 0.15) is 12.4 Å². The van der Waals surface area contributed by atoms with Crippen molar-refractivity contribution in [1.29, 1.82) is 0 Å². The predicted molar refractivity (Wildman–Crippen MR) is 115 cm³/mol. The van der Waals surface area contributed by atoms with Crippen LogP contribution in [0.15, 0.2) is 80.5 Å². The van der Waals surface area contributed by atoms with Crippen molar-refractivity contribution in [3.05, 3.63) is 86.0 Å². The lowest BCUT2D eigenvalue weighted by Gasteiger charge is -2.11. The lowest BCUT2D eigenvalue weighted by atomic mass is 10.1. The van der Waals surface area contributed by atoms with Crippen LogP contribution < -0.4 is 10.3 Å². The largest absolute Gasteiger partial charge is 0.490 e. The third-order valence-corrected chi connectivity index (χ3v) is 5.64. The van der Waals surface area contributed by atoms with E-state index in [1.807, 2.05) is 54.6 Å². The van der Waals surface area contributed by atoms with E-state index < -0.39 is 0 Å². The Bertz CT molecular complexity index is 1150. The molecule has 0 atom stereocenters. The number of nitrogens with zero attached hydrogens (tertiary/aromatic N) is 1. The molecule has 0 aliphatic carbocycles. The zero-order chi connectivity index (χ0) is 18.8. The number of hydrogen-bond donors (Lipinski definition) is 1. The molecule has 4 rings (SSSR count). The number of hydrogen-bond acceptors (Lipinski definition) is 2. The Morgan fingerprint density at radius 2 is 1.78 bits per heavy atom. The first kappa shape index (κ1) is 18.1. The van der Waals surface area contributed by atoms with E-state index >= 15 is 0 Å². The third kappa shape index (κ3) is 3.87. The topological polar surface area (TPSA) is 47.0 Å². The van der Waals surface area contributed by atoms with Crippen molar-refractivity contribution in [3.63, 3.8) is 0 Å². The molecule has 3 aromatic carbocycles. The number of fused-ring (bicyclic) bond motifs is 1. The predicted octanol–water partition coefficient (Wildman–Crippen LogP) is 5.60. The number of aromatic amines is 1. The molecule has 4 aromatic rings. The van der Waals surface area contributed by atoms with Gasteiger partial charge < -0.3 is 4.74 Å². The van der Waals surface area contributed by atoms with E-state index in [2.05, 4.69) is 43.0 Å². The molecule has 1 N–H and O–H groups in total. The minimum absolute atomic E-state index is 0.0696. The molecule has 0 saturated heterocycles. The summed E-state index contributed by atoms with van der Waals surface area (Å²) >= 11 is 7.11. The smallest absolute Gasteiger partial charge is 0.267 e. The molecule has 0 spiro atoms. The number of nitrogens with one attached hydrogen (secondary N) is 1. The van der Waals surface area contributed by atoms with Gasteiger partial charge in [-0.05, 0) is 50.5 Å². The van der Waals surface area contributed by atoms with Gasteiger partial charge in [0.25, 0.3) is 5.56 Å². The number of ether oxygens (including phenoxy) is 1. The van der Waals surface area contributed by atoms with E-state index in [0.29, 0.717) is 13.2 Å². The summed E-state index contributed by atoms with van der Waals surface area (Å²) in [5, 5.41) is 5.35. The molecule has 136 valence electrons. The lowest BCUT2D eigenvalue weighted by Crippen LogP contribution is -2.20. The highest BCUT2D eigenvalue weighted by Crippen LogP contribution is 2.34. The van der Waals surface area contributed by atoms with E-state index in [9.17, 15) is 4.79 Å². The summed E-state index contributed by atoms with van der Waals surface area (Å²) in [5.41, 5.74) is 1.72. The first-order valence-corrected chi connectivity index (χ1v) is 10.1. The van der Waals surface area contributed by atoms with E-state index in [0.717, 1.165) is 36.7 Å². The van der Waals surface area contributed by atoms with Crippen LogP contribution in [0.3, 0.4) is 0 Å². The Kier molecular flexibility index (Phi) is 5.18. The summed E-state index contributed by atoms with van der Waals surface area (Å²) in [6.07, 6.45) is 0. The quantitative estimate of drug-likeness (QED) is 0.398. The standard InChI is InChI=1S/C21H16Br2N2O2/c22-16-7-8-17-15(12-16)6-9-19(21(17)23)27-11-10-25-20(26)13-18(24-25)14-4-2-1-3-5-14/h1-9,12-13,24H,10-11H2. The normalized spacial score (nSPS) is 11.0. The second-order valence-electron chi connectivity index (χ2n) is 6.12. The number of benzene rings is 3. The summed E-state index contributed by atoms with van der Waals surface area (Å²) in [5.74, 6) is 0.757. The Hall–Kier alpha value is -2.31. The van der Waals surface area contributed by atoms with Gasteiger partial charge in [-0.1, -0.05) is 58.4 Å². The molecule has 6 heteroatoms. The van der Waals surface area contributed by atoms with Crippen molar-refractivity contribution in [2.75, 3.05) is 6.61 Å². The number of halogens is 2. The fourth-order valence-electron chi connectivity index (χ4n) is 2.97. The van der Waals surface area contributed by atoms with Crippen LogP contribution in [-0.4, -0.2) is 16.4 Å². The molecular weight excluding hydrogens is 472 g/mol. The molecule has 0 fully saturated rings. The van der Waals surface area contributed by atoms with Crippen molar-refractivity contribution in [1.82, 2.24) is 9.78 Å². The van der Waals surface area contributed by atoms with Crippen LogP contribution in [0.4, 0.5) is 0 Å². The number of rotatable bonds is 5. The van der Waals surface area contributed by atoms with Crippen LogP contribution in [0.25, 0.3) is 22.0 Å². The van der Waals surface area contributed by atoms with Gasteiger partial charge in [-0.2, -0.15) is 0 Å². The minimum Gasteiger partial charge on any atom is -0.490 e. The molecule has 27 heavy (non-hydrogen) atoms. The molecular formula is C21H16Br2N2O2. The maximum atomic E-state index is 12.2. The summed E-state index contributed by atoms with van der Waals surface area (Å²) in [7, 11) is 0. The van der Waals surface area contributed by atoms with Gasteiger partial charge in [-0.15, -0.1) is 0 Å². The molecule has 0 bridgehead atoms. The zero-order valence-electron chi connectivity index (χ0n) is 14.3. The number of H-pyrrole nitrogens is 1. The highest BCUT2D eigenvalue weighted by Gasteiger charge is 2.08. The monoisotopic (exact) mass is 486 g/mol. The van der Waals surface area contributed by atoms with Crippen molar-refractivity contribution < 1.29 is 4.74 Å². The molecule has 0 amide bonds. The fraction of sp³-hybridized carbons (Fsp3) is 0.0952. The first-order valence-electron chi connectivity index (χ1n) is 8.48. The second-order valence-corrected chi connectivity index (χ2v) is 7.83. The molecule has 0 saturated carbocycles. The summed E-state index contributed by atoms with van der Waals surface area (Å²) < 4.78 is 9.43. The van der Waals surface area contributed by atoms with Crippen LogP contribution in [0.2, 0.25) is 0 Å². The summed E-state index contributed by atoms with van der Waals surface area (Å²) in [6.45, 7) is 0.825. The van der Waals surface area contributed by atoms with Crippen molar-refractivity contribution in [3.8, 4) is 17.0 Å². The van der Waals surface area contributed by atoms with Gasteiger partial charge in [0.15, 0.2) is 0 Å². The van der Waals surface area contributed by atoms with Gasteiger partial charge >= 0.3 is 0 Å². The Balaban J connectivity index is 1.48. The van der Waals surface area contributed by atoms with Gasteiger partial charge in [0.2, 0.25) is 0 Å². The van der Waals surface area contributed by atoms with E-state index in [4.69, 9.17) is 4.74 Å². The molecule has 0 aliphatic rings. The van der Waals surface area contributed by atoms with Crippen LogP contribution >= 0.6 is 31.9 Å². The van der Waals surface area contributed by atoms with E-state index in [1.54, 1.807) is 10.7 Å². The molecule has 0 unspecified atom stereocenters. The highest BCUT2D eigenvalue weighted by molar-refractivity contribution is 9.11. The average Bonchev–Trinajstić information content (AvgIpc) is 3.05. The van der Waals surface area contributed by atoms with E-state index in [-0.39, 0.29) is 5.56 Å². The van der Waals surface area contributed by atoms with Crippen LogP contribution in [-0.2, 0) is 6.54 Å². The first-order chi connectivity index (χ1) is 13.1. The molecule has 0 radical (unpaired) electrons. The Morgan fingerprint density at radius 3 is 2.59 bits per heavy atom.